The van der Waals surface area contributed by atoms with E-state index < -0.39 is 12.0 Å². The normalized spacial score (nSPS) is 10.5. The average molecular weight is 225 g/mol. The van der Waals surface area contributed by atoms with Crippen LogP contribution in [0.3, 0.4) is 0 Å². The first-order valence-electron chi connectivity index (χ1n) is 3.10. The first-order valence-corrected chi connectivity index (χ1v) is 3.10. The quantitative estimate of drug-likeness (QED) is 0.787. The Morgan fingerprint density at radius 2 is 2.15 bits per heavy atom. The van der Waals surface area contributed by atoms with Crippen LogP contribution >= 0.6 is 24.8 Å². The summed E-state index contributed by atoms with van der Waals surface area (Å²) in [6.07, 6.45) is 3.01. The van der Waals surface area contributed by atoms with Gasteiger partial charge in [0, 0.05) is 12.4 Å². The van der Waals surface area contributed by atoms with Gasteiger partial charge in [-0.2, -0.15) is 0 Å². The van der Waals surface area contributed by atoms with Crippen molar-refractivity contribution in [2.75, 3.05) is 0 Å². The number of halogens is 2. The third kappa shape index (κ3) is 4.07. The minimum absolute atomic E-state index is 0. The van der Waals surface area contributed by atoms with Gasteiger partial charge in [-0.3, -0.25) is 9.78 Å². The van der Waals surface area contributed by atoms with Gasteiger partial charge in [-0.25, -0.2) is 0 Å². The summed E-state index contributed by atoms with van der Waals surface area (Å²) < 4.78 is 0. The number of carbonyl (C=O) groups is 1. The monoisotopic (exact) mass is 224 g/mol. The van der Waals surface area contributed by atoms with Crippen LogP contribution in [0.25, 0.3) is 0 Å². The minimum atomic E-state index is -1.04. The van der Waals surface area contributed by atoms with Crippen molar-refractivity contribution < 1.29 is 9.90 Å². The van der Waals surface area contributed by atoms with Crippen molar-refractivity contribution in [1.29, 1.82) is 0 Å². The van der Waals surface area contributed by atoms with E-state index in [9.17, 15) is 4.79 Å². The van der Waals surface area contributed by atoms with E-state index in [1.165, 1.54) is 6.20 Å². The van der Waals surface area contributed by atoms with E-state index in [1.807, 2.05) is 0 Å². The minimum Gasteiger partial charge on any atom is -0.480 e. The second-order valence-corrected chi connectivity index (χ2v) is 2.10. The van der Waals surface area contributed by atoms with Crippen molar-refractivity contribution >= 4 is 30.8 Å². The van der Waals surface area contributed by atoms with Crippen molar-refractivity contribution in [2.45, 2.75) is 6.04 Å². The van der Waals surface area contributed by atoms with Crippen LogP contribution in [0.5, 0.6) is 0 Å². The van der Waals surface area contributed by atoms with Crippen LogP contribution in [0.2, 0.25) is 0 Å². The van der Waals surface area contributed by atoms with Gasteiger partial charge in [0.1, 0.15) is 6.04 Å². The zero-order valence-corrected chi connectivity index (χ0v) is 8.22. The van der Waals surface area contributed by atoms with Gasteiger partial charge < -0.3 is 10.8 Å². The highest BCUT2D eigenvalue weighted by Crippen LogP contribution is 2.06. The van der Waals surface area contributed by atoms with Gasteiger partial charge in [0.15, 0.2) is 0 Å². The van der Waals surface area contributed by atoms with Crippen molar-refractivity contribution in [2.24, 2.45) is 5.73 Å². The summed E-state index contributed by atoms with van der Waals surface area (Å²) in [5.41, 5.74) is 5.81. The molecule has 0 aromatic carbocycles. The largest absolute Gasteiger partial charge is 0.480 e. The smallest absolute Gasteiger partial charge is 0.325 e. The predicted molar refractivity (Wildman–Crippen MR) is 53.3 cm³/mol. The first-order chi connectivity index (χ1) is 5.22. The van der Waals surface area contributed by atoms with Crippen molar-refractivity contribution in [3.63, 3.8) is 0 Å². The van der Waals surface area contributed by atoms with Gasteiger partial charge in [0.2, 0.25) is 0 Å². The lowest BCUT2D eigenvalue weighted by atomic mass is 10.1. The number of aromatic nitrogens is 1. The van der Waals surface area contributed by atoms with Crippen LogP contribution in [0.1, 0.15) is 11.6 Å². The Labute approximate surface area is 88.0 Å². The van der Waals surface area contributed by atoms with E-state index in [-0.39, 0.29) is 24.8 Å². The summed E-state index contributed by atoms with van der Waals surface area (Å²) in [5.74, 6) is -1.04. The Morgan fingerprint density at radius 1 is 1.54 bits per heavy atom. The maximum atomic E-state index is 10.3. The summed E-state index contributed by atoms with van der Waals surface area (Å²) in [5, 5.41) is 8.48. The SMILES string of the molecule is Cl.Cl.N[C@H](C(=O)O)c1cccnc1. The van der Waals surface area contributed by atoms with E-state index in [0.29, 0.717) is 5.56 Å². The van der Waals surface area contributed by atoms with Crippen LogP contribution < -0.4 is 5.73 Å². The Kier molecular flexibility index (Phi) is 7.51. The second kappa shape index (κ2) is 6.65. The molecule has 0 spiro atoms. The molecule has 0 saturated heterocycles. The van der Waals surface area contributed by atoms with Crippen molar-refractivity contribution in [3.05, 3.63) is 30.1 Å². The second-order valence-electron chi connectivity index (χ2n) is 2.10. The molecule has 0 aliphatic carbocycles. The van der Waals surface area contributed by atoms with Crippen molar-refractivity contribution in [1.82, 2.24) is 4.98 Å². The molecular weight excluding hydrogens is 215 g/mol. The molecule has 0 amide bonds. The Hall–Kier alpha value is -0.840. The van der Waals surface area contributed by atoms with Gasteiger partial charge >= 0.3 is 5.97 Å². The van der Waals surface area contributed by atoms with E-state index in [2.05, 4.69) is 4.98 Å². The fourth-order valence-electron chi connectivity index (χ4n) is 0.703. The highest BCUT2D eigenvalue weighted by Gasteiger charge is 2.12. The molecule has 0 saturated carbocycles. The van der Waals surface area contributed by atoms with Gasteiger partial charge in [0.25, 0.3) is 0 Å². The van der Waals surface area contributed by atoms with E-state index in [4.69, 9.17) is 10.8 Å². The van der Waals surface area contributed by atoms with Crippen LogP contribution in [0.4, 0.5) is 0 Å². The number of rotatable bonds is 2. The highest BCUT2D eigenvalue weighted by atomic mass is 35.5. The topological polar surface area (TPSA) is 76.2 Å². The van der Waals surface area contributed by atoms with Gasteiger partial charge in [0.05, 0.1) is 0 Å². The number of pyridine rings is 1. The van der Waals surface area contributed by atoms with Gasteiger partial charge in [-0.05, 0) is 11.6 Å². The van der Waals surface area contributed by atoms with Crippen LogP contribution in [0, 0.1) is 0 Å². The van der Waals surface area contributed by atoms with Crippen molar-refractivity contribution in [3.8, 4) is 0 Å². The lowest BCUT2D eigenvalue weighted by Gasteiger charge is -2.03. The lowest BCUT2D eigenvalue weighted by Crippen LogP contribution is -2.20. The third-order valence-corrected chi connectivity index (χ3v) is 1.31. The molecule has 1 aromatic heterocycles. The predicted octanol–water partition coefficient (Wildman–Crippen LogP) is 1.01. The maximum Gasteiger partial charge on any atom is 0.325 e. The molecule has 0 unspecified atom stereocenters. The number of aliphatic carboxylic acids is 1. The Bertz CT molecular complexity index is 256. The zero-order valence-electron chi connectivity index (χ0n) is 6.58. The number of hydrogen-bond donors (Lipinski definition) is 2. The fourth-order valence-corrected chi connectivity index (χ4v) is 0.703. The molecule has 3 N–H and O–H groups in total. The average Bonchev–Trinajstić information content (AvgIpc) is 2.05. The molecular formula is C7H10Cl2N2O2. The summed E-state index contributed by atoms with van der Waals surface area (Å²) in [6.45, 7) is 0. The number of nitrogens with zero attached hydrogens (tertiary/aromatic N) is 1. The Balaban J connectivity index is 0. The molecule has 1 atom stereocenters. The van der Waals surface area contributed by atoms with E-state index in [1.54, 1.807) is 18.3 Å². The maximum absolute atomic E-state index is 10.3. The molecule has 1 heterocycles. The number of nitrogens with two attached hydrogens (primary N) is 1. The van der Waals surface area contributed by atoms with Gasteiger partial charge in [-0.1, -0.05) is 6.07 Å². The Morgan fingerprint density at radius 3 is 2.54 bits per heavy atom. The molecule has 74 valence electrons. The number of carboxylic acids is 1. The third-order valence-electron chi connectivity index (χ3n) is 1.31. The molecule has 0 fully saturated rings. The van der Waals surface area contributed by atoms with Gasteiger partial charge in [-0.15, -0.1) is 24.8 Å². The molecule has 6 heteroatoms. The van der Waals surface area contributed by atoms with Crippen LogP contribution in [-0.4, -0.2) is 16.1 Å². The lowest BCUT2D eigenvalue weighted by molar-refractivity contribution is -0.138. The van der Waals surface area contributed by atoms with Crippen LogP contribution in [-0.2, 0) is 4.79 Å². The molecule has 0 radical (unpaired) electrons. The molecule has 0 bridgehead atoms. The summed E-state index contributed by atoms with van der Waals surface area (Å²) in [4.78, 5) is 14.1. The highest BCUT2D eigenvalue weighted by molar-refractivity contribution is 5.85. The number of hydrogen-bond acceptors (Lipinski definition) is 3. The summed E-state index contributed by atoms with van der Waals surface area (Å²) in [6, 6.07) is 2.31. The summed E-state index contributed by atoms with van der Waals surface area (Å²) >= 11 is 0. The standard InChI is InChI=1S/C7H8N2O2.2ClH/c8-6(7(10)11)5-2-1-3-9-4-5;;/h1-4,6H,8H2,(H,10,11);2*1H/t6-;;/m0../s1. The van der Waals surface area contributed by atoms with Crippen LogP contribution in [0.15, 0.2) is 24.5 Å². The molecule has 1 rings (SSSR count). The molecule has 13 heavy (non-hydrogen) atoms. The van der Waals surface area contributed by atoms with E-state index >= 15 is 0 Å². The number of carboxylic acid groups (broad SMARTS) is 1. The van der Waals surface area contributed by atoms with E-state index in [0.717, 1.165) is 0 Å². The fraction of sp³-hybridized carbons (Fsp3) is 0.143. The molecule has 0 aliphatic heterocycles. The first kappa shape index (κ1) is 14.7. The molecule has 1 aromatic rings. The molecule has 0 aliphatic rings. The zero-order chi connectivity index (χ0) is 8.27. The summed E-state index contributed by atoms with van der Waals surface area (Å²) in [7, 11) is 0. The molecule has 4 nitrogen and oxygen atoms in total.